The number of hydrogen-bond acceptors (Lipinski definition) is 7. The average molecular weight is 490 g/mol. The summed E-state index contributed by atoms with van der Waals surface area (Å²) in [7, 11) is 4.39. The Morgan fingerprint density at radius 3 is 2.39 bits per heavy atom. The quantitative estimate of drug-likeness (QED) is 0.0845. The molecular formula is C29H31NO6. The highest BCUT2D eigenvalue weighted by molar-refractivity contribution is 6.16. The van der Waals surface area contributed by atoms with Crippen molar-refractivity contribution in [2.75, 3.05) is 27.9 Å². The van der Waals surface area contributed by atoms with E-state index in [1.165, 1.54) is 26.0 Å². The molecule has 0 heterocycles. The molecule has 0 atom stereocenters. The zero-order chi connectivity index (χ0) is 25.8. The smallest absolute Gasteiger partial charge is 0.341 e. The van der Waals surface area contributed by atoms with Crippen LogP contribution in [0.1, 0.15) is 29.2 Å². The van der Waals surface area contributed by atoms with E-state index in [0.29, 0.717) is 35.0 Å². The van der Waals surface area contributed by atoms with Crippen molar-refractivity contribution >= 4 is 17.3 Å². The van der Waals surface area contributed by atoms with Gasteiger partial charge in [-0.05, 0) is 41.8 Å². The summed E-state index contributed by atoms with van der Waals surface area (Å²) in [5.41, 5.74) is 4.50. The second-order valence-corrected chi connectivity index (χ2v) is 7.82. The number of ether oxygens (including phenoxy) is 4. The lowest BCUT2D eigenvalue weighted by molar-refractivity contribution is -0.133. The highest BCUT2D eigenvalue weighted by atomic mass is 16.6. The van der Waals surface area contributed by atoms with E-state index in [4.69, 9.17) is 23.8 Å². The Bertz CT molecular complexity index is 1200. The molecule has 0 saturated carbocycles. The topological polar surface area (TPSA) is 75.6 Å². The monoisotopic (exact) mass is 489 g/mol. The zero-order valence-electron chi connectivity index (χ0n) is 21.0. The Kier molecular flexibility index (Phi) is 9.94. The van der Waals surface area contributed by atoms with Gasteiger partial charge in [-0.3, -0.25) is 0 Å². The largest absolute Gasteiger partial charge is 0.503 e. The van der Waals surface area contributed by atoms with Gasteiger partial charge in [-0.25, -0.2) is 4.79 Å². The molecule has 188 valence electrons. The number of esters is 1. The minimum Gasteiger partial charge on any atom is -0.503 e. The van der Waals surface area contributed by atoms with Crippen LogP contribution in [0.5, 0.6) is 11.5 Å². The van der Waals surface area contributed by atoms with Gasteiger partial charge >= 0.3 is 5.97 Å². The van der Waals surface area contributed by atoms with Crippen molar-refractivity contribution in [1.29, 1.82) is 0 Å². The fraction of sp³-hybridized carbons (Fsp3) is 0.241. The lowest BCUT2D eigenvalue weighted by atomic mass is 10.0. The summed E-state index contributed by atoms with van der Waals surface area (Å²) in [4.78, 5) is 17.8. The first-order valence-electron chi connectivity index (χ1n) is 11.5. The number of carbonyl (C=O) groups excluding carboxylic acids is 1. The minimum atomic E-state index is -0.497. The van der Waals surface area contributed by atoms with Crippen LogP contribution < -0.4 is 9.47 Å². The van der Waals surface area contributed by atoms with Crippen LogP contribution in [0.15, 0.2) is 84.2 Å². The van der Waals surface area contributed by atoms with Gasteiger partial charge in [-0.1, -0.05) is 59.8 Å². The minimum absolute atomic E-state index is 0.192. The number of rotatable bonds is 12. The van der Waals surface area contributed by atoms with Gasteiger partial charge in [0.2, 0.25) is 0 Å². The summed E-state index contributed by atoms with van der Waals surface area (Å²) in [6, 6.07) is 23.1. The predicted octanol–water partition coefficient (Wildman–Crippen LogP) is 5.42. The molecule has 3 aromatic carbocycles. The maximum atomic E-state index is 12.3. The molecule has 0 aliphatic rings. The van der Waals surface area contributed by atoms with Gasteiger partial charge in [0.25, 0.3) is 0 Å². The Morgan fingerprint density at radius 1 is 0.917 bits per heavy atom. The average Bonchev–Trinajstić information content (AvgIpc) is 2.93. The number of nitrogens with zero attached hydrogens (tertiary/aromatic N) is 1. The van der Waals surface area contributed by atoms with E-state index >= 15 is 0 Å². The summed E-state index contributed by atoms with van der Waals surface area (Å²) in [6.45, 7) is 2.55. The van der Waals surface area contributed by atoms with Gasteiger partial charge in [0, 0.05) is 12.0 Å². The molecule has 0 unspecified atom stereocenters. The van der Waals surface area contributed by atoms with E-state index in [1.807, 2.05) is 67.6 Å². The first-order chi connectivity index (χ1) is 17.6. The third-order valence-electron chi connectivity index (χ3n) is 5.44. The van der Waals surface area contributed by atoms with E-state index in [-0.39, 0.29) is 6.61 Å². The molecule has 7 nitrogen and oxygen atoms in total. The maximum absolute atomic E-state index is 12.3. The van der Waals surface area contributed by atoms with Crippen molar-refractivity contribution in [3.05, 3.63) is 101 Å². The fourth-order valence-corrected chi connectivity index (χ4v) is 3.53. The molecular weight excluding hydrogens is 458 g/mol. The highest BCUT2D eigenvalue weighted by Crippen LogP contribution is 2.30. The van der Waals surface area contributed by atoms with Crippen molar-refractivity contribution in [3.63, 3.8) is 0 Å². The van der Waals surface area contributed by atoms with Gasteiger partial charge in [-0.15, -0.1) is 0 Å². The predicted molar refractivity (Wildman–Crippen MR) is 139 cm³/mol. The molecule has 36 heavy (non-hydrogen) atoms. The number of carbonyl (C=O) groups is 1. The summed E-state index contributed by atoms with van der Waals surface area (Å²) >= 11 is 0. The number of methoxy groups -OCH3 is 3. The molecule has 0 N–H and O–H groups in total. The second kappa shape index (κ2) is 13.6. The van der Waals surface area contributed by atoms with Gasteiger partial charge < -0.3 is 23.8 Å². The summed E-state index contributed by atoms with van der Waals surface area (Å²) in [5, 5.41) is 4.26. The van der Waals surface area contributed by atoms with Crippen LogP contribution in [0.2, 0.25) is 0 Å². The van der Waals surface area contributed by atoms with Crippen molar-refractivity contribution in [1.82, 2.24) is 0 Å². The first-order valence-corrected chi connectivity index (χ1v) is 11.5. The van der Waals surface area contributed by atoms with Crippen LogP contribution in [0.25, 0.3) is 5.57 Å². The number of oxime groups is 1. The van der Waals surface area contributed by atoms with Gasteiger partial charge in [0.15, 0.2) is 11.5 Å². The molecule has 3 aromatic rings. The van der Waals surface area contributed by atoms with Crippen molar-refractivity contribution in [2.45, 2.75) is 20.0 Å². The van der Waals surface area contributed by atoms with Crippen molar-refractivity contribution < 1.29 is 28.6 Å². The summed E-state index contributed by atoms with van der Waals surface area (Å²) < 4.78 is 21.6. The fourth-order valence-electron chi connectivity index (χ4n) is 3.53. The molecule has 0 spiro atoms. The van der Waals surface area contributed by atoms with Crippen LogP contribution in [0.3, 0.4) is 0 Å². The molecule has 3 rings (SSSR count). The first kappa shape index (κ1) is 26.3. The van der Waals surface area contributed by atoms with Crippen LogP contribution in [0.4, 0.5) is 0 Å². The van der Waals surface area contributed by atoms with E-state index < -0.39 is 5.97 Å². The van der Waals surface area contributed by atoms with Gasteiger partial charge in [0.1, 0.15) is 18.8 Å². The Hall–Kier alpha value is -4.26. The molecule has 0 amide bonds. The normalized spacial score (nSPS) is 11.6. The Labute approximate surface area is 211 Å². The van der Waals surface area contributed by atoms with E-state index in [9.17, 15) is 4.79 Å². The van der Waals surface area contributed by atoms with E-state index in [1.54, 1.807) is 7.11 Å². The second-order valence-electron chi connectivity index (χ2n) is 7.82. The molecule has 0 aliphatic heterocycles. The lowest BCUT2D eigenvalue weighted by Gasteiger charge is -2.15. The molecule has 7 heteroatoms. The van der Waals surface area contributed by atoms with E-state index in [2.05, 4.69) is 17.3 Å². The highest BCUT2D eigenvalue weighted by Gasteiger charge is 2.17. The third-order valence-corrected chi connectivity index (χ3v) is 5.44. The molecule has 0 bridgehead atoms. The molecule has 0 radical (unpaired) electrons. The number of hydrogen-bond donors (Lipinski definition) is 0. The maximum Gasteiger partial charge on any atom is 0.341 e. The standard InChI is InChI=1S/C29H31NO6/c1-21(30-36-17-16-22-10-6-5-7-11-22)23-14-15-27(33-3)28(18-23)35-19-24-12-8-9-13-25(24)26(20-32-2)29(31)34-4/h5-15,18,20H,16-17,19H2,1-4H3/b26-20+,30-21+. The van der Waals surface area contributed by atoms with Gasteiger partial charge in [-0.2, -0.15) is 0 Å². The molecule has 0 saturated heterocycles. The summed E-state index contributed by atoms with van der Waals surface area (Å²) in [6.07, 6.45) is 2.14. The van der Waals surface area contributed by atoms with Crippen LogP contribution >= 0.6 is 0 Å². The Balaban J connectivity index is 1.74. The van der Waals surface area contributed by atoms with Crippen LogP contribution in [0, 0.1) is 0 Å². The molecule has 0 aromatic heterocycles. The lowest BCUT2D eigenvalue weighted by Crippen LogP contribution is -2.08. The van der Waals surface area contributed by atoms with Crippen molar-refractivity contribution in [3.8, 4) is 11.5 Å². The third kappa shape index (κ3) is 7.12. The van der Waals surface area contributed by atoms with Gasteiger partial charge in [0.05, 0.1) is 33.3 Å². The van der Waals surface area contributed by atoms with Crippen molar-refractivity contribution in [2.24, 2.45) is 5.16 Å². The SMILES string of the molecule is CO/C=C(/C(=O)OC)c1ccccc1COc1cc(/C(C)=N/OCCc2ccccc2)ccc1OC. The zero-order valence-corrected chi connectivity index (χ0v) is 21.0. The summed E-state index contributed by atoms with van der Waals surface area (Å²) in [5.74, 6) is 0.622. The molecule has 0 fully saturated rings. The Morgan fingerprint density at radius 2 is 1.67 bits per heavy atom. The molecule has 0 aliphatic carbocycles. The van der Waals surface area contributed by atoms with Crippen LogP contribution in [-0.2, 0) is 32.1 Å². The van der Waals surface area contributed by atoms with Crippen LogP contribution in [-0.4, -0.2) is 39.6 Å². The van der Waals surface area contributed by atoms with E-state index in [0.717, 1.165) is 17.5 Å². The number of benzene rings is 3.